The number of piperazine rings is 1. The summed E-state index contributed by atoms with van der Waals surface area (Å²) in [6.45, 7) is 4.77. The molecule has 4 rings (SSSR count). The standard InChI is InChI=1S/C17H23N3O2S.ClH/c21-15(13-12-17(13)3-5-18-6-4-17)19-7-9-20(10-8-19)16(22)14-2-1-11-23-14;/h1-2,11,13,18H,3-10,12H2;1H. The molecule has 1 aromatic heterocycles. The van der Waals surface area contributed by atoms with Gasteiger partial charge in [-0.25, -0.2) is 0 Å². The molecular weight excluding hydrogens is 346 g/mol. The van der Waals surface area contributed by atoms with E-state index in [1.54, 1.807) is 0 Å². The number of amides is 2. The van der Waals surface area contributed by atoms with Gasteiger partial charge in [0.2, 0.25) is 5.91 Å². The summed E-state index contributed by atoms with van der Waals surface area (Å²) < 4.78 is 0. The Labute approximate surface area is 152 Å². The van der Waals surface area contributed by atoms with Gasteiger partial charge in [0, 0.05) is 32.1 Å². The first-order chi connectivity index (χ1) is 11.2. The molecule has 7 heteroatoms. The lowest BCUT2D eigenvalue weighted by molar-refractivity contribution is -0.135. The fourth-order valence-corrected chi connectivity index (χ4v) is 4.77. The van der Waals surface area contributed by atoms with Crippen molar-refractivity contribution in [3.63, 3.8) is 0 Å². The Bertz CT molecular complexity index is 593. The molecule has 0 aromatic carbocycles. The molecule has 1 aromatic rings. The predicted octanol–water partition coefficient (Wildman–Crippen LogP) is 1.84. The van der Waals surface area contributed by atoms with Gasteiger partial charge >= 0.3 is 0 Å². The third kappa shape index (κ3) is 3.19. The van der Waals surface area contributed by atoms with E-state index in [1.165, 1.54) is 11.3 Å². The van der Waals surface area contributed by atoms with Crippen molar-refractivity contribution in [2.75, 3.05) is 39.3 Å². The summed E-state index contributed by atoms with van der Waals surface area (Å²) in [5.41, 5.74) is 0.298. The molecule has 5 nitrogen and oxygen atoms in total. The molecule has 2 aliphatic heterocycles. The van der Waals surface area contributed by atoms with Crippen molar-refractivity contribution in [1.29, 1.82) is 0 Å². The number of rotatable bonds is 2. The maximum atomic E-state index is 12.7. The minimum Gasteiger partial charge on any atom is -0.339 e. The van der Waals surface area contributed by atoms with Crippen molar-refractivity contribution < 1.29 is 9.59 Å². The molecule has 2 amide bonds. The van der Waals surface area contributed by atoms with Crippen LogP contribution in [0, 0.1) is 11.3 Å². The van der Waals surface area contributed by atoms with Crippen LogP contribution in [0.4, 0.5) is 0 Å². The van der Waals surface area contributed by atoms with Gasteiger partial charge < -0.3 is 15.1 Å². The molecule has 2 saturated heterocycles. The van der Waals surface area contributed by atoms with Crippen molar-refractivity contribution in [3.05, 3.63) is 22.4 Å². The number of hydrogen-bond donors (Lipinski definition) is 1. The van der Waals surface area contributed by atoms with Crippen LogP contribution in [0.5, 0.6) is 0 Å². The van der Waals surface area contributed by atoms with Gasteiger partial charge in [0.1, 0.15) is 0 Å². The Morgan fingerprint density at radius 2 is 1.79 bits per heavy atom. The fraction of sp³-hybridized carbons (Fsp3) is 0.647. The topological polar surface area (TPSA) is 52.7 Å². The second-order valence-electron chi connectivity index (χ2n) is 6.96. The highest BCUT2D eigenvalue weighted by Crippen LogP contribution is 2.59. The smallest absolute Gasteiger partial charge is 0.264 e. The second kappa shape index (κ2) is 7.02. The molecule has 24 heavy (non-hydrogen) atoms. The number of halogens is 1. The highest BCUT2D eigenvalue weighted by Gasteiger charge is 2.58. The Morgan fingerprint density at radius 1 is 1.12 bits per heavy atom. The van der Waals surface area contributed by atoms with Gasteiger partial charge in [0.05, 0.1) is 4.88 Å². The van der Waals surface area contributed by atoms with E-state index in [0.29, 0.717) is 37.5 Å². The molecule has 1 saturated carbocycles. The summed E-state index contributed by atoms with van der Waals surface area (Å²) in [5.74, 6) is 0.674. The zero-order valence-corrected chi connectivity index (χ0v) is 15.3. The number of nitrogens with one attached hydrogen (secondary N) is 1. The van der Waals surface area contributed by atoms with Gasteiger partial charge in [-0.3, -0.25) is 9.59 Å². The first-order valence-electron chi connectivity index (χ1n) is 8.52. The van der Waals surface area contributed by atoms with E-state index in [9.17, 15) is 9.59 Å². The monoisotopic (exact) mass is 369 g/mol. The highest BCUT2D eigenvalue weighted by molar-refractivity contribution is 7.12. The summed E-state index contributed by atoms with van der Waals surface area (Å²) in [6.07, 6.45) is 3.35. The molecule has 1 N–H and O–H groups in total. The van der Waals surface area contributed by atoms with Crippen LogP contribution < -0.4 is 5.32 Å². The average molecular weight is 370 g/mol. The maximum absolute atomic E-state index is 12.7. The van der Waals surface area contributed by atoms with Crippen LogP contribution in [0.25, 0.3) is 0 Å². The molecule has 1 atom stereocenters. The van der Waals surface area contributed by atoms with Gasteiger partial charge in [-0.15, -0.1) is 23.7 Å². The van der Waals surface area contributed by atoms with E-state index < -0.39 is 0 Å². The molecule has 3 heterocycles. The van der Waals surface area contributed by atoms with Crippen LogP contribution in [-0.2, 0) is 4.79 Å². The van der Waals surface area contributed by atoms with E-state index in [1.807, 2.05) is 27.3 Å². The summed E-state index contributed by atoms with van der Waals surface area (Å²) in [7, 11) is 0. The number of carbonyl (C=O) groups excluding carboxylic acids is 2. The molecule has 0 bridgehead atoms. The van der Waals surface area contributed by atoms with Crippen molar-refractivity contribution in [2.24, 2.45) is 11.3 Å². The van der Waals surface area contributed by atoms with Crippen LogP contribution in [0.15, 0.2) is 17.5 Å². The molecule has 1 unspecified atom stereocenters. The number of hydrogen-bond acceptors (Lipinski definition) is 4. The lowest BCUT2D eigenvalue weighted by atomic mass is 9.91. The van der Waals surface area contributed by atoms with Crippen LogP contribution in [0.1, 0.15) is 28.9 Å². The van der Waals surface area contributed by atoms with Gasteiger partial charge in [-0.05, 0) is 49.2 Å². The number of piperidine rings is 1. The lowest BCUT2D eigenvalue weighted by Gasteiger charge is -2.35. The molecule has 0 radical (unpaired) electrons. The maximum Gasteiger partial charge on any atom is 0.264 e. The zero-order valence-electron chi connectivity index (χ0n) is 13.7. The zero-order chi connectivity index (χ0) is 15.9. The largest absolute Gasteiger partial charge is 0.339 e. The fourth-order valence-electron chi connectivity index (χ4n) is 4.08. The predicted molar refractivity (Wildman–Crippen MR) is 96.7 cm³/mol. The van der Waals surface area contributed by atoms with E-state index in [-0.39, 0.29) is 24.2 Å². The van der Waals surface area contributed by atoms with Crippen molar-refractivity contribution in [3.8, 4) is 0 Å². The van der Waals surface area contributed by atoms with Crippen LogP contribution in [0.2, 0.25) is 0 Å². The first-order valence-corrected chi connectivity index (χ1v) is 9.40. The molecular formula is C17H24ClN3O2S. The Kier molecular flexibility index (Phi) is 5.18. The van der Waals surface area contributed by atoms with Crippen LogP contribution in [-0.4, -0.2) is 60.9 Å². The average Bonchev–Trinajstić information content (AvgIpc) is 3.02. The summed E-state index contributed by atoms with van der Waals surface area (Å²) in [6, 6.07) is 3.78. The van der Waals surface area contributed by atoms with Crippen molar-refractivity contribution >= 4 is 35.6 Å². The third-order valence-electron chi connectivity index (χ3n) is 5.70. The summed E-state index contributed by atoms with van der Waals surface area (Å²) >= 11 is 1.48. The van der Waals surface area contributed by atoms with E-state index in [0.717, 1.165) is 37.2 Å². The molecule has 3 fully saturated rings. The van der Waals surface area contributed by atoms with E-state index in [4.69, 9.17) is 0 Å². The van der Waals surface area contributed by atoms with Gasteiger partial charge in [-0.1, -0.05) is 6.07 Å². The number of nitrogens with zero attached hydrogens (tertiary/aromatic N) is 2. The lowest BCUT2D eigenvalue weighted by Crippen LogP contribution is -2.51. The summed E-state index contributed by atoms with van der Waals surface area (Å²) in [5, 5.41) is 5.31. The second-order valence-corrected chi connectivity index (χ2v) is 7.91. The molecule has 132 valence electrons. The Hall–Kier alpha value is -1.11. The minimum atomic E-state index is 0. The first kappa shape index (κ1) is 17.7. The molecule has 1 spiro atoms. The third-order valence-corrected chi connectivity index (χ3v) is 6.56. The van der Waals surface area contributed by atoms with Gasteiger partial charge in [0.25, 0.3) is 5.91 Å². The Morgan fingerprint density at radius 3 is 2.42 bits per heavy atom. The number of thiophene rings is 1. The van der Waals surface area contributed by atoms with Crippen LogP contribution >= 0.6 is 23.7 Å². The highest BCUT2D eigenvalue weighted by atomic mass is 35.5. The summed E-state index contributed by atoms with van der Waals surface area (Å²) in [4.78, 5) is 29.8. The van der Waals surface area contributed by atoms with E-state index >= 15 is 0 Å². The van der Waals surface area contributed by atoms with E-state index in [2.05, 4.69) is 5.32 Å². The minimum absolute atomic E-state index is 0. The molecule has 1 aliphatic carbocycles. The normalized spacial score (nSPS) is 25.2. The van der Waals surface area contributed by atoms with Crippen LogP contribution in [0.3, 0.4) is 0 Å². The van der Waals surface area contributed by atoms with Crippen molar-refractivity contribution in [1.82, 2.24) is 15.1 Å². The molecule has 3 aliphatic rings. The van der Waals surface area contributed by atoms with Gasteiger partial charge in [0.15, 0.2) is 0 Å². The van der Waals surface area contributed by atoms with Crippen molar-refractivity contribution in [2.45, 2.75) is 19.3 Å². The SMILES string of the molecule is Cl.O=C(c1cccs1)N1CCN(C(=O)C2CC23CCNCC3)CC1. The number of carbonyl (C=O) groups is 2. The van der Waals surface area contributed by atoms with Gasteiger partial charge in [-0.2, -0.15) is 0 Å². The quantitative estimate of drug-likeness (QED) is 0.865. The Balaban J connectivity index is 0.00000169.